The lowest BCUT2D eigenvalue weighted by Gasteiger charge is -2.20. The Balaban J connectivity index is 2.73. The van der Waals surface area contributed by atoms with Gasteiger partial charge in [-0.05, 0) is 12.8 Å². The number of nitrogens with zero attached hydrogens (tertiary/aromatic N) is 3. The summed E-state index contributed by atoms with van der Waals surface area (Å²) >= 11 is 0. The Hall–Kier alpha value is -1.65. The van der Waals surface area contributed by atoms with Crippen LogP contribution in [-0.2, 0) is 0 Å². The maximum Gasteiger partial charge on any atom is 0.273 e. The van der Waals surface area contributed by atoms with Crippen molar-refractivity contribution in [3.05, 3.63) is 18.1 Å². The molecule has 0 bridgehead atoms. The maximum absolute atomic E-state index is 12.1. The molecule has 1 amide bonds. The van der Waals surface area contributed by atoms with E-state index in [0.717, 1.165) is 19.5 Å². The van der Waals surface area contributed by atoms with Crippen molar-refractivity contribution in [2.45, 2.75) is 27.2 Å². The van der Waals surface area contributed by atoms with Gasteiger partial charge in [-0.25, -0.2) is 4.98 Å². The van der Waals surface area contributed by atoms with Crippen LogP contribution in [0, 0.1) is 5.92 Å². The third kappa shape index (κ3) is 3.98. The summed E-state index contributed by atoms with van der Waals surface area (Å²) in [6.45, 7) is 7.72. The first-order valence-electron chi connectivity index (χ1n) is 6.39. The predicted octanol–water partition coefficient (Wildman–Crippen LogP) is 2.03. The summed E-state index contributed by atoms with van der Waals surface area (Å²) in [5.74, 6) is 1.05. The molecule has 18 heavy (non-hydrogen) atoms. The lowest BCUT2D eigenvalue weighted by atomic mass is 10.1. The average molecular weight is 250 g/mol. The Morgan fingerprint density at radius 2 is 2.17 bits per heavy atom. The van der Waals surface area contributed by atoms with E-state index in [1.54, 1.807) is 18.1 Å². The Labute approximate surface area is 109 Å². The molecule has 5 heteroatoms. The second kappa shape index (κ2) is 6.93. The molecular weight excluding hydrogens is 228 g/mol. The van der Waals surface area contributed by atoms with Gasteiger partial charge in [0.1, 0.15) is 11.5 Å². The number of hydrogen-bond acceptors (Lipinski definition) is 4. The summed E-state index contributed by atoms with van der Waals surface area (Å²) in [5, 5.41) is 3.05. The summed E-state index contributed by atoms with van der Waals surface area (Å²) in [5.41, 5.74) is 0.388. The van der Waals surface area contributed by atoms with Crippen molar-refractivity contribution in [1.29, 1.82) is 0 Å². The number of carbonyl (C=O) groups is 1. The van der Waals surface area contributed by atoms with E-state index in [1.165, 1.54) is 6.20 Å². The highest BCUT2D eigenvalue weighted by molar-refractivity contribution is 5.92. The molecule has 1 rings (SSSR count). The summed E-state index contributed by atoms with van der Waals surface area (Å²) in [6, 6.07) is 0. The molecule has 1 heterocycles. The molecule has 1 unspecified atom stereocenters. The molecule has 0 saturated carbocycles. The van der Waals surface area contributed by atoms with Crippen LogP contribution in [-0.4, -0.2) is 40.9 Å². The molecule has 0 aliphatic rings. The molecular formula is C13H22N4O. The molecule has 0 aliphatic heterocycles. The minimum atomic E-state index is -0.0810. The van der Waals surface area contributed by atoms with Crippen LogP contribution >= 0.6 is 0 Å². The van der Waals surface area contributed by atoms with Crippen molar-refractivity contribution < 1.29 is 4.79 Å². The van der Waals surface area contributed by atoms with Crippen LogP contribution in [0.15, 0.2) is 12.4 Å². The number of carbonyl (C=O) groups excluding carboxylic acids is 1. The van der Waals surface area contributed by atoms with Crippen LogP contribution in [0.4, 0.5) is 5.82 Å². The highest BCUT2D eigenvalue weighted by Crippen LogP contribution is 2.08. The molecule has 0 radical (unpaired) electrons. The standard InChI is InChI=1S/C13H22N4O/c1-5-10(3)9-17(4)13(18)11-7-14-8-12(16-11)15-6-2/h7-8,10H,5-6,9H2,1-4H3,(H,15,16). The van der Waals surface area contributed by atoms with Crippen LogP contribution in [0.5, 0.6) is 0 Å². The fourth-order valence-electron chi connectivity index (χ4n) is 1.61. The highest BCUT2D eigenvalue weighted by atomic mass is 16.2. The quantitative estimate of drug-likeness (QED) is 0.839. The van der Waals surface area contributed by atoms with Gasteiger partial charge in [-0.3, -0.25) is 9.78 Å². The van der Waals surface area contributed by atoms with Gasteiger partial charge in [0.25, 0.3) is 5.91 Å². The van der Waals surface area contributed by atoms with Crippen LogP contribution in [0.2, 0.25) is 0 Å². The zero-order valence-corrected chi connectivity index (χ0v) is 11.6. The third-order valence-electron chi connectivity index (χ3n) is 2.84. The zero-order chi connectivity index (χ0) is 13.5. The first-order valence-corrected chi connectivity index (χ1v) is 6.39. The predicted molar refractivity (Wildman–Crippen MR) is 72.6 cm³/mol. The number of aromatic nitrogens is 2. The molecule has 0 spiro atoms. The van der Waals surface area contributed by atoms with E-state index in [-0.39, 0.29) is 5.91 Å². The Morgan fingerprint density at radius 3 is 2.78 bits per heavy atom. The van der Waals surface area contributed by atoms with Gasteiger partial charge in [-0.2, -0.15) is 0 Å². The summed E-state index contributed by atoms with van der Waals surface area (Å²) in [7, 11) is 1.80. The van der Waals surface area contributed by atoms with Crippen molar-refractivity contribution in [3.63, 3.8) is 0 Å². The van der Waals surface area contributed by atoms with Crippen molar-refractivity contribution in [2.24, 2.45) is 5.92 Å². The topological polar surface area (TPSA) is 58.1 Å². The molecule has 0 aromatic carbocycles. The van der Waals surface area contributed by atoms with Crippen molar-refractivity contribution in [3.8, 4) is 0 Å². The molecule has 0 saturated heterocycles. The van der Waals surface area contributed by atoms with E-state index >= 15 is 0 Å². The van der Waals surface area contributed by atoms with Gasteiger partial charge in [0.15, 0.2) is 0 Å². The first kappa shape index (κ1) is 14.4. The van der Waals surface area contributed by atoms with E-state index in [4.69, 9.17) is 0 Å². The second-order valence-electron chi connectivity index (χ2n) is 4.52. The average Bonchev–Trinajstić information content (AvgIpc) is 2.38. The normalized spacial score (nSPS) is 12.0. The Bertz CT molecular complexity index is 394. The number of anilines is 1. The molecule has 0 aliphatic carbocycles. The van der Waals surface area contributed by atoms with Crippen LogP contribution in [0.25, 0.3) is 0 Å². The largest absolute Gasteiger partial charge is 0.369 e. The molecule has 5 nitrogen and oxygen atoms in total. The lowest BCUT2D eigenvalue weighted by Crippen LogP contribution is -2.31. The van der Waals surface area contributed by atoms with E-state index in [1.807, 2.05) is 6.92 Å². The molecule has 100 valence electrons. The maximum atomic E-state index is 12.1. The van der Waals surface area contributed by atoms with Gasteiger partial charge in [-0.1, -0.05) is 20.3 Å². The fourth-order valence-corrected chi connectivity index (χ4v) is 1.61. The van der Waals surface area contributed by atoms with E-state index in [0.29, 0.717) is 17.4 Å². The minimum Gasteiger partial charge on any atom is -0.369 e. The Kier molecular flexibility index (Phi) is 5.55. The highest BCUT2D eigenvalue weighted by Gasteiger charge is 2.15. The number of rotatable bonds is 6. The summed E-state index contributed by atoms with van der Waals surface area (Å²) < 4.78 is 0. The van der Waals surface area contributed by atoms with Crippen LogP contribution < -0.4 is 5.32 Å². The van der Waals surface area contributed by atoms with Gasteiger partial charge in [0.05, 0.1) is 12.4 Å². The van der Waals surface area contributed by atoms with Gasteiger partial charge in [0, 0.05) is 20.1 Å². The molecule has 1 atom stereocenters. The number of amides is 1. The Morgan fingerprint density at radius 1 is 1.44 bits per heavy atom. The van der Waals surface area contributed by atoms with Gasteiger partial charge in [0.2, 0.25) is 0 Å². The smallest absolute Gasteiger partial charge is 0.273 e. The lowest BCUT2D eigenvalue weighted by molar-refractivity contribution is 0.0769. The summed E-state index contributed by atoms with van der Waals surface area (Å²) in [4.78, 5) is 22.1. The minimum absolute atomic E-state index is 0.0810. The van der Waals surface area contributed by atoms with Crippen molar-refractivity contribution in [2.75, 3.05) is 25.5 Å². The first-order chi connectivity index (χ1) is 8.58. The fraction of sp³-hybridized carbons (Fsp3) is 0.615. The van der Waals surface area contributed by atoms with Crippen molar-refractivity contribution in [1.82, 2.24) is 14.9 Å². The number of hydrogen-bond donors (Lipinski definition) is 1. The van der Waals surface area contributed by atoms with Crippen LogP contribution in [0.1, 0.15) is 37.7 Å². The number of nitrogens with one attached hydrogen (secondary N) is 1. The van der Waals surface area contributed by atoms with E-state index < -0.39 is 0 Å². The molecule has 1 N–H and O–H groups in total. The van der Waals surface area contributed by atoms with Gasteiger partial charge < -0.3 is 10.2 Å². The van der Waals surface area contributed by atoms with E-state index in [2.05, 4.69) is 29.1 Å². The van der Waals surface area contributed by atoms with Crippen LogP contribution in [0.3, 0.4) is 0 Å². The molecule has 1 aromatic rings. The molecule has 0 fully saturated rings. The summed E-state index contributed by atoms with van der Waals surface area (Å²) in [6.07, 6.45) is 4.19. The third-order valence-corrected chi connectivity index (χ3v) is 2.84. The van der Waals surface area contributed by atoms with Gasteiger partial charge >= 0.3 is 0 Å². The molecule has 1 aromatic heterocycles. The van der Waals surface area contributed by atoms with E-state index in [9.17, 15) is 4.79 Å². The monoisotopic (exact) mass is 250 g/mol. The SMILES string of the molecule is CCNc1cncc(C(=O)N(C)CC(C)CC)n1. The second-order valence-corrected chi connectivity index (χ2v) is 4.52. The van der Waals surface area contributed by atoms with Crippen molar-refractivity contribution >= 4 is 11.7 Å². The zero-order valence-electron chi connectivity index (χ0n) is 11.6. The van der Waals surface area contributed by atoms with Gasteiger partial charge in [-0.15, -0.1) is 0 Å².